The summed E-state index contributed by atoms with van der Waals surface area (Å²) < 4.78 is 39.1. The van der Waals surface area contributed by atoms with Crippen molar-refractivity contribution in [2.24, 2.45) is 0 Å². The van der Waals surface area contributed by atoms with E-state index < -0.39 is 24.3 Å². The molecule has 2 N–H and O–H groups in total. The third kappa shape index (κ3) is 6.13. The lowest BCUT2D eigenvalue weighted by atomic mass is 9.77. The minimum atomic E-state index is -4.50. The summed E-state index contributed by atoms with van der Waals surface area (Å²) in [7, 11) is 0. The smallest absolute Gasteiger partial charge is 0.329 e. The van der Waals surface area contributed by atoms with Crippen LogP contribution in [0.25, 0.3) is 0 Å². The minimum Gasteiger partial charge on any atom is -0.329 e. The van der Waals surface area contributed by atoms with Gasteiger partial charge in [-0.05, 0) is 42.7 Å². The fraction of sp³-hybridized carbons (Fsp3) is 0.240. The molecule has 7 heteroatoms. The second-order valence-electron chi connectivity index (χ2n) is 7.87. The van der Waals surface area contributed by atoms with E-state index in [4.69, 9.17) is 0 Å². The molecule has 0 radical (unpaired) electrons. The number of rotatable bonds is 6. The average molecular weight is 505 g/mol. The van der Waals surface area contributed by atoms with E-state index >= 15 is 0 Å². The summed E-state index contributed by atoms with van der Waals surface area (Å²) in [5.74, 6) is 0. The van der Waals surface area contributed by atoms with Gasteiger partial charge in [0.05, 0.1) is 5.54 Å². The van der Waals surface area contributed by atoms with Gasteiger partial charge in [-0.1, -0.05) is 87.7 Å². The second-order valence-corrected chi connectivity index (χ2v) is 8.79. The van der Waals surface area contributed by atoms with Crippen molar-refractivity contribution in [2.75, 3.05) is 6.54 Å². The molecule has 0 aliphatic rings. The first-order valence-corrected chi connectivity index (χ1v) is 10.9. The van der Waals surface area contributed by atoms with E-state index in [9.17, 15) is 18.0 Å². The Bertz CT molecular complexity index is 1040. The first kappa shape index (κ1) is 23.9. The van der Waals surface area contributed by atoms with Crippen LogP contribution in [-0.2, 0) is 12.0 Å². The Morgan fingerprint density at radius 1 is 0.875 bits per heavy atom. The topological polar surface area (TPSA) is 41.1 Å². The van der Waals surface area contributed by atoms with Gasteiger partial charge in [-0.25, -0.2) is 4.79 Å². The molecule has 3 aromatic rings. The Balaban J connectivity index is 2.14. The van der Waals surface area contributed by atoms with E-state index in [0.717, 1.165) is 32.3 Å². The normalized spacial score (nSPS) is 11.8. The number of hydrogen-bond donors (Lipinski definition) is 2. The Morgan fingerprint density at radius 3 is 1.88 bits per heavy atom. The number of carbonyl (C=O) groups excluding carboxylic acids is 1. The van der Waals surface area contributed by atoms with Crippen LogP contribution < -0.4 is 10.6 Å². The number of hydrogen-bond acceptors (Lipinski definition) is 1. The molecule has 168 valence electrons. The largest absolute Gasteiger partial charge is 0.405 e. The third-order valence-corrected chi connectivity index (χ3v) is 5.71. The molecule has 0 fully saturated rings. The molecular weight excluding hydrogens is 481 g/mol. The number of nitrogens with one attached hydrogen (secondary N) is 2. The molecule has 0 aliphatic carbocycles. The van der Waals surface area contributed by atoms with E-state index in [-0.39, 0.29) is 0 Å². The van der Waals surface area contributed by atoms with Gasteiger partial charge in [-0.3, -0.25) is 0 Å². The van der Waals surface area contributed by atoms with Crippen LogP contribution in [0, 0.1) is 13.8 Å². The van der Waals surface area contributed by atoms with E-state index in [1.165, 1.54) is 0 Å². The molecule has 0 spiro atoms. The van der Waals surface area contributed by atoms with Crippen LogP contribution in [0.4, 0.5) is 18.0 Å². The highest BCUT2D eigenvalue weighted by atomic mass is 79.9. The van der Waals surface area contributed by atoms with Crippen LogP contribution in [0.2, 0.25) is 0 Å². The quantitative estimate of drug-likeness (QED) is 0.399. The van der Waals surface area contributed by atoms with Gasteiger partial charge in [0, 0.05) is 10.9 Å². The highest BCUT2D eigenvalue weighted by Gasteiger charge is 2.37. The van der Waals surface area contributed by atoms with E-state index in [1.807, 2.05) is 92.0 Å². The van der Waals surface area contributed by atoms with Gasteiger partial charge < -0.3 is 10.6 Å². The van der Waals surface area contributed by atoms with Crippen molar-refractivity contribution in [3.05, 3.63) is 105 Å². The molecule has 0 saturated heterocycles. The molecule has 2 amide bonds. The molecule has 0 heterocycles. The molecule has 0 aliphatic heterocycles. The highest BCUT2D eigenvalue weighted by molar-refractivity contribution is 9.10. The summed E-state index contributed by atoms with van der Waals surface area (Å²) in [5, 5.41) is 4.85. The maximum atomic E-state index is 12.7. The van der Waals surface area contributed by atoms with E-state index in [2.05, 4.69) is 21.2 Å². The molecule has 0 unspecified atom stereocenters. The van der Waals surface area contributed by atoms with Gasteiger partial charge in [-0.2, -0.15) is 13.2 Å². The summed E-state index contributed by atoms with van der Waals surface area (Å²) >= 11 is 3.43. The summed E-state index contributed by atoms with van der Waals surface area (Å²) in [6.07, 6.45) is -4.15. The number of aryl methyl sites for hydroxylation is 2. The van der Waals surface area contributed by atoms with Crippen molar-refractivity contribution in [1.82, 2.24) is 10.6 Å². The van der Waals surface area contributed by atoms with E-state index in [0.29, 0.717) is 6.42 Å². The average Bonchev–Trinajstić information content (AvgIpc) is 2.73. The molecule has 3 nitrogen and oxygen atoms in total. The van der Waals surface area contributed by atoms with Gasteiger partial charge in [0.25, 0.3) is 0 Å². The molecule has 3 aromatic carbocycles. The van der Waals surface area contributed by atoms with Gasteiger partial charge >= 0.3 is 12.2 Å². The minimum absolute atomic E-state index is 0.354. The maximum Gasteiger partial charge on any atom is 0.405 e. The van der Waals surface area contributed by atoms with Crippen LogP contribution in [0.1, 0.15) is 27.8 Å². The number of amides is 2. The standard InChI is InChI=1S/C25H24BrF3N2O/c1-17-5-3-7-20(13-17)24(21-8-4-6-18(2)14-21,15-19-9-11-22(26)12-10-19)31-23(32)30-16-25(27,28)29/h3-14H,15-16H2,1-2H3,(H2,30,31,32). The zero-order valence-electron chi connectivity index (χ0n) is 17.8. The number of halogens is 4. The SMILES string of the molecule is Cc1cccc(C(Cc2ccc(Br)cc2)(NC(=O)NCC(F)(F)F)c2cccc(C)c2)c1. The number of urea groups is 1. The van der Waals surface area contributed by atoms with E-state index in [1.54, 1.807) is 0 Å². The fourth-order valence-electron chi connectivity index (χ4n) is 3.71. The summed E-state index contributed by atoms with van der Waals surface area (Å²) in [6.45, 7) is 2.47. The summed E-state index contributed by atoms with van der Waals surface area (Å²) in [4.78, 5) is 12.7. The van der Waals surface area contributed by atoms with Gasteiger partial charge in [-0.15, -0.1) is 0 Å². The lowest BCUT2D eigenvalue weighted by Gasteiger charge is -2.37. The van der Waals surface area contributed by atoms with Crippen molar-refractivity contribution < 1.29 is 18.0 Å². The molecule has 0 saturated carbocycles. The van der Waals surface area contributed by atoms with Crippen molar-refractivity contribution in [3.8, 4) is 0 Å². The monoisotopic (exact) mass is 504 g/mol. The Labute approximate surface area is 194 Å². The van der Waals surface area contributed by atoms with Crippen LogP contribution in [-0.4, -0.2) is 18.8 Å². The Kier molecular flexibility index (Phi) is 7.29. The van der Waals surface area contributed by atoms with Crippen molar-refractivity contribution in [1.29, 1.82) is 0 Å². The van der Waals surface area contributed by atoms with Gasteiger partial charge in [0.1, 0.15) is 6.54 Å². The third-order valence-electron chi connectivity index (χ3n) is 5.18. The van der Waals surface area contributed by atoms with Gasteiger partial charge in [0.15, 0.2) is 0 Å². The lowest BCUT2D eigenvalue weighted by molar-refractivity contribution is -0.122. The van der Waals surface area contributed by atoms with Crippen LogP contribution in [0.15, 0.2) is 77.3 Å². The van der Waals surface area contributed by atoms with Crippen molar-refractivity contribution >= 4 is 22.0 Å². The Hall–Kier alpha value is -2.80. The van der Waals surface area contributed by atoms with Crippen molar-refractivity contribution in [3.63, 3.8) is 0 Å². The highest BCUT2D eigenvalue weighted by Crippen LogP contribution is 2.35. The van der Waals surface area contributed by atoms with Crippen LogP contribution in [0.5, 0.6) is 0 Å². The molecule has 0 aromatic heterocycles. The molecule has 3 rings (SSSR count). The second kappa shape index (κ2) is 9.77. The van der Waals surface area contributed by atoms with Crippen molar-refractivity contribution in [2.45, 2.75) is 32.0 Å². The first-order chi connectivity index (χ1) is 15.1. The molecule has 0 atom stereocenters. The predicted molar refractivity (Wildman–Crippen MR) is 124 cm³/mol. The Morgan fingerprint density at radius 2 is 1.41 bits per heavy atom. The maximum absolute atomic E-state index is 12.7. The fourth-order valence-corrected chi connectivity index (χ4v) is 3.97. The van der Waals surface area contributed by atoms with Crippen LogP contribution >= 0.6 is 15.9 Å². The predicted octanol–water partition coefficient (Wildman–Crippen LogP) is 6.41. The number of alkyl halides is 3. The number of carbonyl (C=O) groups is 1. The number of benzene rings is 3. The molecule has 32 heavy (non-hydrogen) atoms. The summed E-state index contributed by atoms with van der Waals surface area (Å²) in [6, 6.07) is 22.1. The van der Waals surface area contributed by atoms with Crippen LogP contribution in [0.3, 0.4) is 0 Å². The molecule has 0 bridgehead atoms. The molecular formula is C25H24BrF3N2O. The van der Waals surface area contributed by atoms with Gasteiger partial charge in [0.2, 0.25) is 0 Å². The zero-order valence-corrected chi connectivity index (χ0v) is 19.3. The summed E-state index contributed by atoms with van der Waals surface area (Å²) in [5.41, 5.74) is 3.37. The first-order valence-electron chi connectivity index (χ1n) is 10.1. The lowest BCUT2D eigenvalue weighted by Crippen LogP contribution is -2.53. The zero-order chi connectivity index (χ0) is 23.4.